The number of halogens is 1. The molecular formula is C25H28BrN9OS. The fourth-order valence-electron chi connectivity index (χ4n) is 5.08. The fraction of sp³-hybridized carbons (Fsp3) is 0.440. The SMILES string of the molecule is Cc1nnc(-c2ccc(-n3nc(Br)c4cnc(N[C@@H]5CC[C@@H](NC(=O)[C@@H]6CCCCN6)C5)nc43)cc2)s1. The molecule has 2 fully saturated rings. The number of hydrogen-bond acceptors (Lipinski definition) is 9. The lowest BCUT2D eigenvalue weighted by molar-refractivity contribution is -0.124. The van der Waals surface area contributed by atoms with Gasteiger partial charge in [-0.15, -0.1) is 10.2 Å². The molecule has 1 saturated heterocycles. The monoisotopic (exact) mass is 581 g/mol. The zero-order valence-corrected chi connectivity index (χ0v) is 22.8. The van der Waals surface area contributed by atoms with Gasteiger partial charge in [-0.2, -0.15) is 10.1 Å². The van der Waals surface area contributed by atoms with E-state index in [-0.39, 0.29) is 24.0 Å². The summed E-state index contributed by atoms with van der Waals surface area (Å²) in [6, 6.07) is 8.38. The molecule has 0 bridgehead atoms. The quantitative estimate of drug-likeness (QED) is 0.312. The Labute approximate surface area is 226 Å². The first-order valence-electron chi connectivity index (χ1n) is 12.7. The molecule has 37 heavy (non-hydrogen) atoms. The predicted molar refractivity (Wildman–Crippen MR) is 147 cm³/mol. The molecule has 192 valence electrons. The molecule has 3 atom stereocenters. The summed E-state index contributed by atoms with van der Waals surface area (Å²) in [4.78, 5) is 22.0. The number of rotatable bonds is 6. The van der Waals surface area contributed by atoms with Gasteiger partial charge in [-0.25, -0.2) is 9.67 Å². The van der Waals surface area contributed by atoms with Gasteiger partial charge in [0.2, 0.25) is 11.9 Å². The Balaban J connectivity index is 1.15. The van der Waals surface area contributed by atoms with Crippen molar-refractivity contribution in [2.75, 3.05) is 11.9 Å². The van der Waals surface area contributed by atoms with Crippen LogP contribution in [-0.2, 0) is 4.79 Å². The number of piperidine rings is 1. The van der Waals surface area contributed by atoms with Crippen molar-refractivity contribution in [1.82, 2.24) is 40.6 Å². The Morgan fingerprint density at radius 2 is 1.97 bits per heavy atom. The van der Waals surface area contributed by atoms with E-state index >= 15 is 0 Å². The molecule has 3 N–H and O–H groups in total. The van der Waals surface area contributed by atoms with Crippen molar-refractivity contribution in [2.24, 2.45) is 0 Å². The maximum Gasteiger partial charge on any atom is 0.237 e. The fourth-order valence-corrected chi connectivity index (χ4v) is 6.22. The summed E-state index contributed by atoms with van der Waals surface area (Å²) in [5.41, 5.74) is 2.63. The molecule has 12 heteroatoms. The highest BCUT2D eigenvalue weighted by Crippen LogP contribution is 2.29. The third-order valence-corrected chi connectivity index (χ3v) is 8.48. The van der Waals surface area contributed by atoms with Gasteiger partial charge in [-0.3, -0.25) is 4.79 Å². The van der Waals surface area contributed by atoms with Crippen LogP contribution in [0.3, 0.4) is 0 Å². The highest BCUT2D eigenvalue weighted by molar-refractivity contribution is 9.10. The third-order valence-electron chi connectivity index (χ3n) is 7.00. The molecular weight excluding hydrogens is 554 g/mol. The summed E-state index contributed by atoms with van der Waals surface area (Å²) in [5.74, 6) is 0.692. The summed E-state index contributed by atoms with van der Waals surface area (Å²) < 4.78 is 2.51. The Bertz CT molecular complexity index is 1410. The minimum Gasteiger partial charge on any atom is -0.352 e. The average molecular weight is 583 g/mol. The first-order chi connectivity index (χ1) is 18.0. The van der Waals surface area contributed by atoms with Gasteiger partial charge >= 0.3 is 0 Å². The molecule has 1 aromatic carbocycles. The smallest absolute Gasteiger partial charge is 0.237 e. The Kier molecular flexibility index (Phi) is 6.87. The van der Waals surface area contributed by atoms with Crippen molar-refractivity contribution in [2.45, 2.75) is 63.6 Å². The number of carbonyl (C=O) groups excluding carboxylic acids is 1. The minimum absolute atomic E-state index is 0.0540. The number of aromatic nitrogens is 6. The molecule has 6 rings (SSSR count). The van der Waals surface area contributed by atoms with Crippen molar-refractivity contribution in [3.8, 4) is 16.3 Å². The molecule has 0 radical (unpaired) electrons. The zero-order valence-electron chi connectivity index (χ0n) is 20.4. The first kappa shape index (κ1) is 24.4. The van der Waals surface area contributed by atoms with Gasteiger partial charge in [0.05, 0.1) is 17.1 Å². The summed E-state index contributed by atoms with van der Waals surface area (Å²) in [6.45, 7) is 2.87. The second-order valence-electron chi connectivity index (χ2n) is 9.67. The van der Waals surface area contributed by atoms with Crippen LogP contribution in [0.15, 0.2) is 35.1 Å². The van der Waals surface area contributed by atoms with Crippen LogP contribution in [0.2, 0.25) is 0 Å². The van der Waals surface area contributed by atoms with E-state index < -0.39 is 0 Å². The number of hydrogen-bond donors (Lipinski definition) is 3. The molecule has 4 aromatic rings. The van der Waals surface area contributed by atoms with Gasteiger partial charge in [-0.1, -0.05) is 17.8 Å². The number of carbonyl (C=O) groups is 1. The Hall–Kier alpha value is -2.96. The number of amides is 1. The highest BCUT2D eigenvalue weighted by atomic mass is 79.9. The molecule has 1 aliphatic heterocycles. The van der Waals surface area contributed by atoms with Gasteiger partial charge in [0.25, 0.3) is 0 Å². The number of aryl methyl sites for hydroxylation is 1. The lowest BCUT2D eigenvalue weighted by atomic mass is 10.0. The number of benzene rings is 1. The standard InChI is InChI=1S/C25H28BrN9OS/c1-14-32-33-24(37-14)15-5-9-18(10-6-15)35-22-19(21(26)34-35)13-28-25(31-22)30-17-8-7-16(12-17)29-23(36)20-4-2-3-11-27-20/h5-6,9-10,13,16-17,20,27H,2-4,7-8,11-12H2,1H3,(H,29,36)(H,28,30,31)/t16-,17-,20+/m1/s1. The van der Waals surface area contributed by atoms with Gasteiger partial charge in [0.1, 0.15) is 14.6 Å². The van der Waals surface area contributed by atoms with E-state index in [1.54, 1.807) is 17.5 Å². The van der Waals surface area contributed by atoms with E-state index in [9.17, 15) is 4.79 Å². The lowest BCUT2D eigenvalue weighted by Crippen LogP contribution is -2.49. The first-order valence-corrected chi connectivity index (χ1v) is 14.3. The van der Waals surface area contributed by atoms with Crippen molar-refractivity contribution < 1.29 is 4.79 Å². The van der Waals surface area contributed by atoms with Gasteiger partial charge in [-0.05, 0) is 85.8 Å². The number of nitrogens with one attached hydrogen (secondary N) is 3. The predicted octanol–water partition coefficient (Wildman–Crippen LogP) is 4.00. The van der Waals surface area contributed by atoms with E-state index in [1.165, 1.54) is 0 Å². The average Bonchev–Trinajstić information content (AvgIpc) is 3.64. The summed E-state index contributed by atoms with van der Waals surface area (Å²) in [6.07, 6.45) is 7.73. The molecule has 0 spiro atoms. The van der Waals surface area contributed by atoms with Gasteiger partial charge in [0.15, 0.2) is 5.65 Å². The summed E-state index contributed by atoms with van der Waals surface area (Å²) in [5, 5.41) is 25.7. The topological polar surface area (TPSA) is 123 Å². The summed E-state index contributed by atoms with van der Waals surface area (Å²) >= 11 is 5.12. The van der Waals surface area contributed by atoms with E-state index in [2.05, 4.69) is 52.2 Å². The molecule has 1 saturated carbocycles. The highest BCUT2D eigenvalue weighted by Gasteiger charge is 2.29. The van der Waals surface area contributed by atoms with Crippen LogP contribution >= 0.6 is 27.3 Å². The third kappa shape index (κ3) is 5.23. The van der Waals surface area contributed by atoms with Crippen LogP contribution in [0.25, 0.3) is 27.3 Å². The molecule has 2 aliphatic rings. The van der Waals surface area contributed by atoms with Crippen LogP contribution in [0, 0.1) is 6.92 Å². The van der Waals surface area contributed by atoms with Gasteiger partial charge in [0, 0.05) is 23.8 Å². The zero-order chi connectivity index (χ0) is 25.4. The second kappa shape index (κ2) is 10.4. The normalized spacial score (nSPS) is 21.8. The number of fused-ring (bicyclic) bond motifs is 1. The van der Waals surface area contributed by atoms with Crippen molar-refractivity contribution >= 4 is 50.2 Å². The van der Waals surface area contributed by atoms with Crippen LogP contribution in [0.4, 0.5) is 5.95 Å². The lowest BCUT2D eigenvalue weighted by Gasteiger charge is -2.24. The van der Waals surface area contributed by atoms with Crippen LogP contribution in [-0.4, -0.2) is 60.5 Å². The Morgan fingerprint density at radius 1 is 1.14 bits per heavy atom. The molecule has 1 aliphatic carbocycles. The molecule has 10 nitrogen and oxygen atoms in total. The number of anilines is 1. The largest absolute Gasteiger partial charge is 0.352 e. The van der Waals surface area contributed by atoms with E-state index in [4.69, 9.17) is 4.98 Å². The van der Waals surface area contributed by atoms with E-state index in [0.717, 1.165) is 77.4 Å². The minimum atomic E-state index is -0.0540. The molecule has 4 heterocycles. The van der Waals surface area contributed by atoms with E-state index in [0.29, 0.717) is 10.6 Å². The van der Waals surface area contributed by atoms with Crippen molar-refractivity contribution in [1.29, 1.82) is 0 Å². The van der Waals surface area contributed by atoms with Crippen LogP contribution in [0.1, 0.15) is 43.5 Å². The summed E-state index contributed by atoms with van der Waals surface area (Å²) in [7, 11) is 0. The van der Waals surface area contributed by atoms with Gasteiger partial charge < -0.3 is 16.0 Å². The maximum atomic E-state index is 12.6. The Morgan fingerprint density at radius 3 is 2.73 bits per heavy atom. The van der Waals surface area contributed by atoms with Crippen molar-refractivity contribution in [3.63, 3.8) is 0 Å². The molecule has 1 amide bonds. The van der Waals surface area contributed by atoms with Crippen LogP contribution < -0.4 is 16.0 Å². The molecule has 3 aromatic heterocycles. The molecule has 0 unspecified atom stereocenters. The number of nitrogens with zero attached hydrogens (tertiary/aromatic N) is 6. The maximum absolute atomic E-state index is 12.6. The van der Waals surface area contributed by atoms with Crippen LogP contribution in [0.5, 0.6) is 0 Å². The second-order valence-corrected chi connectivity index (χ2v) is 11.6. The van der Waals surface area contributed by atoms with E-state index in [1.807, 2.05) is 35.9 Å². The van der Waals surface area contributed by atoms with Crippen molar-refractivity contribution in [3.05, 3.63) is 40.1 Å².